The SMILES string of the molecule is C/C=C/CC(NC(=O)C(C)C1CC1)C(=O)O. The highest BCUT2D eigenvalue weighted by molar-refractivity contribution is 5.85. The van der Waals surface area contributed by atoms with Crippen LogP contribution >= 0.6 is 0 Å². The van der Waals surface area contributed by atoms with Gasteiger partial charge in [0, 0.05) is 5.92 Å². The van der Waals surface area contributed by atoms with Crippen LogP contribution in [0.15, 0.2) is 12.2 Å². The van der Waals surface area contributed by atoms with Gasteiger partial charge in [-0.05, 0) is 32.1 Å². The molecule has 2 atom stereocenters. The molecule has 0 aromatic carbocycles. The van der Waals surface area contributed by atoms with Crippen LogP contribution in [0, 0.1) is 11.8 Å². The van der Waals surface area contributed by atoms with Crippen molar-refractivity contribution >= 4 is 11.9 Å². The number of amides is 1. The highest BCUT2D eigenvalue weighted by Gasteiger charge is 2.33. The first-order valence-corrected chi connectivity index (χ1v) is 5.70. The topological polar surface area (TPSA) is 66.4 Å². The molecular formula is C12H19NO3. The largest absolute Gasteiger partial charge is 0.480 e. The van der Waals surface area contributed by atoms with Gasteiger partial charge < -0.3 is 10.4 Å². The van der Waals surface area contributed by atoms with Crippen molar-refractivity contribution in [2.24, 2.45) is 11.8 Å². The summed E-state index contributed by atoms with van der Waals surface area (Å²) < 4.78 is 0. The van der Waals surface area contributed by atoms with Gasteiger partial charge in [-0.15, -0.1) is 0 Å². The minimum Gasteiger partial charge on any atom is -0.480 e. The number of aliphatic carboxylic acids is 1. The zero-order valence-corrected chi connectivity index (χ0v) is 9.77. The van der Waals surface area contributed by atoms with Gasteiger partial charge in [-0.3, -0.25) is 4.79 Å². The van der Waals surface area contributed by atoms with Crippen LogP contribution in [0.25, 0.3) is 0 Å². The maximum absolute atomic E-state index is 11.7. The molecule has 1 aliphatic rings. The first-order chi connectivity index (χ1) is 7.56. The van der Waals surface area contributed by atoms with Crippen molar-refractivity contribution < 1.29 is 14.7 Å². The summed E-state index contributed by atoms with van der Waals surface area (Å²) in [5.74, 6) is -0.725. The molecule has 0 spiro atoms. The van der Waals surface area contributed by atoms with Gasteiger partial charge in [-0.1, -0.05) is 19.1 Å². The lowest BCUT2D eigenvalue weighted by Crippen LogP contribution is -2.43. The molecule has 4 heteroatoms. The molecule has 1 aliphatic carbocycles. The second-order valence-corrected chi connectivity index (χ2v) is 4.33. The molecule has 90 valence electrons. The number of carbonyl (C=O) groups excluding carboxylic acids is 1. The molecule has 2 unspecified atom stereocenters. The number of hydrogen-bond donors (Lipinski definition) is 2. The Balaban J connectivity index is 2.46. The van der Waals surface area contributed by atoms with Crippen LogP contribution in [0.3, 0.4) is 0 Å². The summed E-state index contributed by atoms with van der Waals surface area (Å²) in [4.78, 5) is 22.6. The van der Waals surface area contributed by atoms with Crippen LogP contribution in [0.4, 0.5) is 0 Å². The van der Waals surface area contributed by atoms with Crippen molar-refractivity contribution in [3.63, 3.8) is 0 Å². The zero-order valence-electron chi connectivity index (χ0n) is 9.77. The Bertz CT molecular complexity index is 295. The first kappa shape index (κ1) is 12.7. The maximum Gasteiger partial charge on any atom is 0.326 e. The molecule has 0 aliphatic heterocycles. The van der Waals surface area contributed by atoms with E-state index < -0.39 is 12.0 Å². The van der Waals surface area contributed by atoms with E-state index in [0.717, 1.165) is 12.8 Å². The van der Waals surface area contributed by atoms with E-state index in [2.05, 4.69) is 5.32 Å². The van der Waals surface area contributed by atoms with Gasteiger partial charge in [0.2, 0.25) is 5.91 Å². The smallest absolute Gasteiger partial charge is 0.326 e. The molecule has 1 fully saturated rings. The van der Waals surface area contributed by atoms with Crippen molar-refractivity contribution in [1.82, 2.24) is 5.32 Å². The minimum atomic E-state index is -0.977. The van der Waals surface area contributed by atoms with Gasteiger partial charge in [0.05, 0.1) is 0 Å². The summed E-state index contributed by atoms with van der Waals surface area (Å²) in [5.41, 5.74) is 0. The summed E-state index contributed by atoms with van der Waals surface area (Å²) in [6.45, 7) is 3.69. The van der Waals surface area contributed by atoms with Gasteiger partial charge in [0.1, 0.15) is 6.04 Å². The van der Waals surface area contributed by atoms with Crippen LogP contribution in [-0.2, 0) is 9.59 Å². The fourth-order valence-corrected chi connectivity index (χ4v) is 1.61. The Kier molecular flexibility index (Phi) is 4.52. The Morgan fingerprint density at radius 2 is 2.12 bits per heavy atom. The lowest BCUT2D eigenvalue weighted by molar-refractivity contribution is -0.142. The molecule has 0 heterocycles. The number of carboxylic acids is 1. The average Bonchev–Trinajstić information content (AvgIpc) is 3.05. The van der Waals surface area contributed by atoms with Gasteiger partial charge in [0.25, 0.3) is 0 Å². The van der Waals surface area contributed by atoms with Crippen molar-refractivity contribution in [1.29, 1.82) is 0 Å². The maximum atomic E-state index is 11.7. The van der Waals surface area contributed by atoms with E-state index in [9.17, 15) is 9.59 Å². The molecule has 16 heavy (non-hydrogen) atoms. The first-order valence-electron chi connectivity index (χ1n) is 5.70. The van der Waals surface area contributed by atoms with Crippen molar-refractivity contribution in [3.8, 4) is 0 Å². The van der Waals surface area contributed by atoms with E-state index >= 15 is 0 Å². The summed E-state index contributed by atoms with van der Waals surface area (Å²) in [5, 5.41) is 11.5. The van der Waals surface area contributed by atoms with Crippen LogP contribution in [0.1, 0.15) is 33.1 Å². The Morgan fingerprint density at radius 1 is 1.50 bits per heavy atom. The number of carboxylic acid groups (broad SMARTS) is 1. The average molecular weight is 225 g/mol. The van der Waals surface area contributed by atoms with Crippen molar-refractivity contribution in [2.45, 2.75) is 39.2 Å². The second kappa shape index (κ2) is 5.68. The number of hydrogen-bond acceptors (Lipinski definition) is 2. The molecule has 0 saturated heterocycles. The van der Waals surface area contributed by atoms with Gasteiger partial charge in [-0.25, -0.2) is 4.79 Å². The number of carbonyl (C=O) groups is 2. The minimum absolute atomic E-state index is 0.0625. The van der Waals surface area contributed by atoms with E-state index in [0.29, 0.717) is 12.3 Å². The van der Waals surface area contributed by atoms with Crippen LogP contribution in [0.2, 0.25) is 0 Å². The van der Waals surface area contributed by atoms with E-state index in [1.807, 2.05) is 13.8 Å². The third-order valence-electron chi connectivity index (χ3n) is 2.96. The predicted molar refractivity (Wildman–Crippen MR) is 60.9 cm³/mol. The normalized spacial score (nSPS) is 19.4. The summed E-state index contributed by atoms with van der Waals surface area (Å²) in [6, 6.07) is -0.801. The van der Waals surface area contributed by atoms with Gasteiger partial charge in [0.15, 0.2) is 0 Å². The van der Waals surface area contributed by atoms with Gasteiger partial charge in [-0.2, -0.15) is 0 Å². The molecular weight excluding hydrogens is 206 g/mol. The number of rotatable bonds is 6. The molecule has 4 nitrogen and oxygen atoms in total. The molecule has 1 saturated carbocycles. The predicted octanol–water partition coefficient (Wildman–Crippen LogP) is 1.57. The summed E-state index contributed by atoms with van der Waals surface area (Å²) in [6.07, 6.45) is 6.05. The monoisotopic (exact) mass is 225 g/mol. The van der Waals surface area contributed by atoms with Gasteiger partial charge >= 0.3 is 5.97 Å². The molecule has 0 aromatic rings. The molecule has 1 rings (SSSR count). The fourth-order valence-electron chi connectivity index (χ4n) is 1.61. The van der Waals surface area contributed by atoms with Crippen LogP contribution < -0.4 is 5.32 Å². The Hall–Kier alpha value is -1.32. The molecule has 0 radical (unpaired) electrons. The lowest BCUT2D eigenvalue weighted by Gasteiger charge is -2.16. The molecule has 1 amide bonds. The van der Waals surface area contributed by atoms with E-state index in [-0.39, 0.29) is 11.8 Å². The van der Waals surface area contributed by atoms with Crippen molar-refractivity contribution in [3.05, 3.63) is 12.2 Å². The number of allylic oxidation sites excluding steroid dienone is 1. The Morgan fingerprint density at radius 3 is 2.56 bits per heavy atom. The highest BCUT2D eigenvalue weighted by atomic mass is 16.4. The highest BCUT2D eigenvalue weighted by Crippen LogP contribution is 2.36. The molecule has 0 bridgehead atoms. The molecule has 0 aromatic heterocycles. The third-order valence-corrected chi connectivity index (χ3v) is 2.96. The zero-order chi connectivity index (χ0) is 12.1. The van der Waals surface area contributed by atoms with Crippen LogP contribution in [0.5, 0.6) is 0 Å². The van der Waals surface area contributed by atoms with Crippen LogP contribution in [-0.4, -0.2) is 23.0 Å². The third kappa shape index (κ3) is 3.68. The van der Waals surface area contributed by atoms with E-state index in [1.165, 1.54) is 0 Å². The fraction of sp³-hybridized carbons (Fsp3) is 0.667. The van der Waals surface area contributed by atoms with E-state index in [4.69, 9.17) is 5.11 Å². The lowest BCUT2D eigenvalue weighted by atomic mass is 10.0. The Labute approximate surface area is 95.7 Å². The standard InChI is InChI=1S/C12H19NO3/c1-3-4-5-10(12(15)16)13-11(14)8(2)9-6-7-9/h3-4,8-10H,5-7H2,1-2H3,(H,13,14)(H,15,16)/b4-3+. The summed E-state index contributed by atoms with van der Waals surface area (Å²) in [7, 11) is 0. The quantitative estimate of drug-likeness (QED) is 0.674. The van der Waals surface area contributed by atoms with Crippen molar-refractivity contribution in [2.75, 3.05) is 0 Å². The second-order valence-electron chi connectivity index (χ2n) is 4.33. The number of nitrogens with one attached hydrogen (secondary N) is 1. The van der Waals surface area contributed by atoms with E-state index in [1.54, 1.807) is 12.2 Å². The summed E-state index contributed by atoms with van der Waals surface area (Å²) >= 11 is 0. The molecule has 2 N–H and O–H groups in total.